The number of hydrogen-bond acceptors (Lipinski definition) is 4. The van der Waals surface area contributed by atoms with Crippen molar-refractivity contribution in [3.63, 3.8) is 0 Å². The Bertz CT molecular complexity index is 546. The molecule has 0 radical (unpaired) electrons. The maximum Gasteiger partial charge on any atom is 0.254 e. The molecule has 0 saturated heterocycles. The highest BCUT2D eigenvalue weighted by Crippen LogP contribution is 2.28. The first-order valence-electron chi connectivity index (χ1n) is 7.62. The number of amides is 1. The molecule has 1 aliphatic carbocycles. The number of carbonyl (C=O) groups is 1. The van der Waals surface area contributed by atoms with Crippen LogP contribution >= 0.6 is 0 Å². The van der Waals surface area contributed by atoms with Crippen LogP contribution in [-0.4, -0.2) is 34.9 Å². The first-order chi connectivity index (χ1) is 10.2. The number of aryl methyl sites for hydroxylation is 1. The van der Waals surface area contributed by atoms with Gasteiger partial charge in [0, 0.05) is 30.4 Å². The molecule has 1 fully saturated rings. The van der Waals surface area contributed by atoms with Crippen LogP contribution in [0, 0.1) is 11.3 Å². The van der Waals surface area contributed by atoms with Gasteiger partial charge in [0.15, 0.2) is 0 Å². The van der Waals surface area contributed by atoms with E-state index in [0.29, 0.717) is 24.6 Å². The van der Waals surface area contributed by atoms with Gasteiger partial charge in [-0.25, -0.2) is 4.98 Å². The SMILES string of the molecule is CCNc1cc(C(=O)N(CCC#N)C2CC2)cc(CC)n1. The molecule has 0 bridgehead atoms. The van der Waals surface area contributed by atoms with Crippen LogP contribution in [0.5, 0.6) is 0 Å². The molecule has 1 aromatic rings. The van der Waals surface area contributed by atoms with E-state index in [0.717, 1.165) is 37.3 Å². The molecule has 1 aliphatic rings. The summed E-state index contributed by atoms with van der Waals surface area (Å²) in [5, 5.41) is 11.9. The molecule has 0 atom stereocenters. The van der Waals surface area contributed by atoms with Gasteiger partial charge in [0.25, 0.3) is 5.91 Å². The zero-order valence-electron chi connectivity index (χ0n) is 12.7. The maximum absolute atomic E-state index is 12.7. The van der Waals surface area contributed by atoms with E-state index in [2.05, 4.69) is 16.4 Å². The van der Waals surface area contributed by atoms with Gasteiger partial charge >= 0.3 is 0 Å². The number of rotatable bonds is 7. The second kappa shape index (κ2) is 7.07. The lowest BCUT2D eigenvalue weighted by molar-refractivity contribution is 0.0746. The highest BCUT2D eigenvalue weighted by Gasteiger charge is 2.32. The lowest BCUT2D eigenvalue weighted by atomic mass is 10.1. The molecule has 1 saturated carbocycles. The van der Waals surface area contributed by atoms with Gasteiger partial charge in [0.1, 0.15) is 5.82 Å². The summed E-state index contributed by atoms with van der Waals surface area (Å²) in [6.07, 6.45) is 3.26. The van der Waals surface area contributed by atoms with Crippen molar-refractivity contribution in [2.75, 3.05) is 18.4 Å². The third-order valence-electron chi connectivity index (χ3n) is 3.56. The quantitative estimate of drug-likeness (QED) is 0.836. The molecule has 5 nitrogen and oxygen atoms in total. The zero-order chi connectivity index (χ0) is 15.2. The van der Waals surface area contributed by atoms with Crippen LogP contribution in [0.2, 0.25) is 0 Å². The number of pyridine rings is 1. The zero-order valence-corrected chi connectivity index (χ0v) is 12.7. The molecule has 21 heavy (non-hydrogen) atoms. The Kier molecular flexibility index (Phi) is 5.15. The number of nitrogens with one attached hydrogen (secondary N) is 1. The van der Waals surface area contributed by atoms with E-state index < -0.39 is 0 Å². The van der Waals surface area contributed by atoms with E-state index in [4.69, 9.17) is 5.26 Å². The fourth-order valence-corrected chi connectivity index (χ4v) is 2.34. The van der Waals surface area contributed by atoms with Gasteiger partial charge in [-0.1, -0.05) is 6.92 Å². The van der Waals surface area contributed by atoms with E-state index in [1.54, 1.807) is 0 Å². The smallest absolute Gasteiger partial charge is 0.254 e. The van der Waals surface area contributed by atoms with Crippen LogP contribution in [0.25, 0.3) is 0 Å². The standard InChI is InChI=1S/C16H22N4O/c1-3-13-10-12(11-15(19-13)18-4-2)16(21)20(9-5-8-17)14-6-7-14/h10-11,14H,3-7,9H2,1-2H3,(H,18,19). The molecule has 1 aromatic heterocycles. The molecule has 2 rings (SSSR count). The largest absolute Gasteiger partial charge is 0.370 e. The minimum atomic E-state index is 0.0176. The molecule has 1 N–H and O–H groups in total. The van der Waals surface area contributed by atoms with E-state index in [9.17, 15) is 4.79 Å². The van der Waals surface area contributed by atoms with Crippen LogP contribution in [0.1, 0.15) is 49.2 Å². The molecule has 0 aliphatic heterocycles. The Morgan fingerprint density at radius 1 is 1.48 bits per heavy atom. The molecule has 0 aromatic carbocycles. The van der Waals surface area contributed by atoms with Gasteiger partial charge in [-0.2, -0.15) is 5.26 Å². The normalized spacial score (nSPS) is 13.6. The second-order valence-corrected chi connectivity index (χ2v) is 5.25. The fourth-order valence-electron chi connectivity index (χ4n) is 2.34. The minimum absolute atomic E-state index is 0.0176. The number of aromatic nitrogens is 1. The van der Waals surface area contributed by atoms with E-state index in [1.807, 2.05) is 30.9 Å². The molecular weight excluding hydrogens is 264 g/mol. The van der Waals surface area contributed by atoms with Crippen molar-refractivity contribution in [3.8, 4) is 6.07 Å². The lowest BCUT2D eigenvalue weighted by Crippen LogP contribution is -2.34. The van der Waals surface area contributed by atoms with Crippen molar-refractivity contribution in [1.29, 1.82) is 5.26 Å². The number of anilines is 1. The van der Waals surface area contributed by atoms with Crippen LogP contribution in [0.3, 0.4) is 0 Å². The topological polar surface area (TPSA) is 69.0 Å². The summed E-state index contributed by atoms with van der Waals surface area (Å²) >= 11 is 0. The molecule has 112 valence electrons. The summed E-state index contributed by atoms with van der Waals surface area (Å²) in [6.45, 7) is 5.32. The summed E-state index contributed by atoms with van der Waals surface area (Å²) < 4.78 is 0. The first-order valence-corrected chi connectivity index (χ1v) is 7.62. The summed E-state index contributed by atoms with van der Waals surface area (Å²) in [4.78, 5) is 19.0. The molecule has 5 heteroatoms. The second-order valence-electron chi connectivity index (χ2n) is 5.25. The third-order valence-corrected chi connectivity index (χ3v) is 3.56. The van der Waals surface area contributed by atoms with Gasteiger partial charge < -0.3 is 10.2 Å². The van der Waals surface area contributed by atoms with Crippen LogP contribution in [0.15, 0.2) is 12.1 Å². The number of carbonyl (C=O) groups excluding carboxylic acids is 1. The van der Waals surface area contributed by atoms with Crippen LogP contribution < -0.4 is 5.32 Å². The van der Waals surface area contributed by atoms with Crippen LogP contribution in [-0.2, 0) is 6.42 Å². The Morgan fingerprint density at radius 2 is 2.24 bits per heavy atom. The van der Waals surface area contributed by atoms with Gasteiger partial charge in [-0.05, 0) is 38.3 Å². The van der Waals surface area contributed by atoms with Gasteiger partial charge in [0.2, 0.25) is 0 Å². The monoisotopic (exact) mass is 286 g/mol. The molecular formula is C16H22N4O. The van der Waals surface area contributed by atoms with Gasteiger partial charge in [0.05, 0.1) is 12.5 Å². The van der Waals surface area contributed by atoms with Gasteiger partial charge in [-0.3, -0.25) is 4.79 Å². The molecule has 0 unspecified atom stereocenters. The summed E-state index contributed by atoms with van der Waals surface area (Å²) in [7, 11) is 0. The third kappa shape index (κ3) is 3.94. The molecule has 1 heterocycles. The molecule has 1 amide bonds. The van der Waals surface area contributed by atoms with Crippen molar-refractivity contribution in [3.05, 3.63) is 23.4 Å². The number of hydrogen-bond donors (Lipinski definition) is 1. The predicted octanol–water partition coefficient (Wildman–Crippen LogP) is 2.59. The predicted molar refractivity (Wildman–Crippen MR) is 82.1 cm³/mol. The minimum Gasteiger partial charge on any atom is -0.370 e. The van der Waals surface area contributed by atoms with E-state index >= 15 is 0 Å². The van der Waals surface area contributed by atoms with Crippen molar-refractivity contribution in [2.45, 2.75) is 45.6 Å². The maximum atomic E-state index is 12.7. The number of nitriles is 1. The lowest BCUT2D eigenvalue weighted by Gasteiger charge is -2.22. The Labute approximate surface area is 126 Å². The van der Waals surface area contributed by atoms with Crippen molar-refractivity contribution < 1.29 is 4.79 Å². The Hall–Kier alpha value is -2.09. The van der Waals surface area contributed by atoms with Crippen molar-refractivity contribution in [2.24, 2.45) is 0 Å². The highest BCUT2D eigenvalue weighted by molar-refractivity contribution is 5.95. The summed E-state index contributed by atoms with van der Waals surface area (Å²) in [6, 6.07) is 6.11. The van der Waals surface area contributed by atoms with E-state index in [-0.39, 0.29) is 5.91 Å². The average molecular weight is 286 g/mol. The highest BCUT2D eigenvalue weighted by atomic mass is 16.2. The summed E-state index contributed by atoms with van der Waals surface area (Å²) in [5.41, 5.74) is 1.58. The Morgan fingerprint density at radius 3 is 2.81 bits per heavy atom. The Balaban J connectivity index is 2.23. The fraction of sp³-hybridized carbons (Fsp3) is 0.562. The number of nitrogens with zero attached hydrogens (tertiary/aromatic N) is 3. The van der Waals surface area contributed by atoms with E-state index in [1.165, 1.54) is 0 Å². The summed E-state index contributed by atoms with van der Waals surface area (Å²) in [5.74, 6) is 0.764. The molecule has 0 spiro atoms. The first kappa shape index (κ1) is 15.3. The van der Waals surface area contributed by atoms with Crippen LogP contribution in [0.4, 0.5) is 5.82 Å². The average Bonchev–Trinajstić information content (AvgIpc) is 3.32. The van der Waals surface area contributed by atoms with Crippen molar-refractivity contribution in [1.82, 2.24) is 9.88 Å². The van der Waals surface area contributed by atoms with Crippen molar-refractivity contribution >= 4 is 11.7 Å². The van der Waals surface area contributed by atoms with Gasteiger partial charge in [-0.15, -0.1) is 0 Å².